The molecule has 1 amide bonds. The minimum atomic E-state index is -0.220. The largest absolute Gasteiger partial charge is 0.465 e. The smallest absolute Gasteiger partial charge is 0.251 e. The van der Waals surface area contributed by atoms with Gasteiger partial charge in [0.05, 0.1) is 16.6 Å². The van der Waals surface area contributed by atoms with Crippen molar-refractivity contribution in [1.82, 2.24) is 5.32 Å². The summed E-state index contributed by atoms with van der Waals surface area (Å²) in [7, 11) is 0. The predicted molar refractivity (Wildman–Crippen MR) is 71.1 cm³/mol. The van der Waals surface area contributed by atoms with Crippen LogP contribution in [0.3, 0.4) is 0 Å². The molecule has 94 valence electrons. The number of carbonyl (C=O) groups excluding carboxylic acids is 1. The van der Waals surface area contributed by atoms with Crippen LogP contribution in [0.15, 0.2) is 34.7 Å². The van der Waals surface area contributed by atoms with E-state index >= 15 is 0 Å². The molecule has 1 aromatic heterocycles. The molecule has 1 aromatic carbocycles. The highest BCUT2D eigenvalue weighted by molar-refractivity contribution is 6.42. The summed E-state index contributed by atoms with van der Waals surface area (Å²) in [6.07, 6.45) is 0. The van der Waals surface area contributed by atoms with Gasteiger partial charge in [-0.2, -0.15) is 0 Å². The highest BCUT2D eigenvalue weighted by Crippen LogP contribution is 2.22. The Hall–Kier alpha value is -1.45. The van der Waals surface area contributed by atoms with Crippen molar-refractivity contribution in [1.29, 1.82) is 0 Å². The molecule has 0 spiro atoms. The van der Waals surface area contributed by atoms with Crippen LogP contribution in [0.2, 0.25) is 10.0 Å². The molecule has 0 radical (unpaired) electrons. The Morgan fingerprint density at radius 3 is 2.61 bits per heavy atom. The SMILES string of the molecule is Cc1ccc(CNC(=O)c2ccc(Cl)c(Cl)c2)o1. The van der Waals surface area contributed by atoms with E-state index in [1.54, 1.807) is 12.1 Å². The quantitative estimate of drug-likeness (QED) is 0.930. The van der Waals surface area contributed by atoms with E-state index in [4.69, 9.17) is 27.6 Å². The van der Waals surface area contributed by atoms with Gasteiger partial charge in [0.1, 0.15) is 11.5 Å². The third-order valence-corrected chi connectivity index (χ3v) is 3.14. The first-order valence-electron chi connectivity index (χ1n) is 5.35. The van der Waals surface area contributed by atoms with Gasteiger partial charge in [-0.05, 0) is 37.3 Å². The number of hydrogen-bond donors (Lipinski definition) is 1. The van der Waals surface area contributed by atoms with Gasteiger partial charge in [-0.25, -0.2) is 0 Å². The molecule has 2 aromatic rings. The molecule has 0 aliphatic heterocycles. The van der Waals surface area contributed by atoms with Crippen LogP contribution in [-0.2, 0) is 6.54 Å². The van der Waals surface area contributed by atoms with Gasteiger partial charge in [-0.1, -0.05) is 23.2 Å². The minimum absolute atomic E-state index is 0.220. The zero-order valence-corrected chi connectivity index (χ0v) is 11.2. The number of benzene rings is 1. The molecule has 0 aliphatic carbocycles. The molecule has 0 aliphatic rings. The fourth-order valence-corrected chi connectivity index (χ4v) is 1.79. The zero-order chi connectivity index (χ0) is 13.1. The Balaban J connectivity index is 2.01. The van der Waals surface area contributed by atoms with Crippen molar-refractivity contribution in [3.05, 3.63) is 57.5 Å². The summed E-state index contributed by atoms with van der Waals surface area (Å²) in [5.74, 6) is 1.30. The summed E-state index contributed by atoms with van der Waals surface area (Å²) in [6.45, 7) is 2.19. The van der Waals surface area contributed by atoms with Crippen LogP contribution in [0.25, 0.3) is 0 Å². The number of aryl methyl sites for hydroxylation is 1. The van der Waals surface area contributed by atoms with Crippen molar-refractivity contribution in [2.45, 2.75) is 13.5 Å². The van der Waals surface area contributed by atoms with Crippen molar-refractivity contribution in [2.75, 3.05) is 0 Å². The Kier molecular flexibility index (Phi) is 3.94. The highest BCUT2D eigenvalue weighted by Gasteiger charge is 2.08. The minimum Gasteiger partial charge on any atom is -0.465 e. The number of halogens is 2. The first-order valence-corrected chi connectivity index (χ1v) is 6.10. The average molecular weight is 284 g/mol. The van der Waals surface area contributed by atoms with Gasteiger partial charge in [0, 0.05) is 5.56 Å². The number of hydrogen-bond acceptors (Lipinski definition) is 2. The molecule has 3 nitrogen and oxygen atoms in total. The summed E-state index contributed by atoms with van der Waals surface area (Å²) in [5.41, 5.74) is 0.465. The lowest BCUT2D eigenvalue weighted by Crippen LogP contribution is -2.22. The van der Waals surface area contributed by atoms with Crippen molar-refractivity contribution in [3.63, 3.8) is 0 Å². The number of amides is 1. The second-order valence-corrected chi connectivity index (χ2v) is 4.64. The highest BCUT2D eigenvalue weighted by atomic mass is 35.5. The average Bonchev–Trinajstić information content (AvgIpc) is 2.75. The Morgan fingerprint density at radius 1 is 1.22 bits per heavy atom. The van der Waals surface area contributed by atoms with Crippen LogP contribution in [-0.4, -0.2) is 5.91 Å². The lowest BCUT2D eigenvalue weighted by Gasteiger charge is -2.04. The predicted octanol–water partition coefficient (Wildman–Crippen LogP) is 3.82. The Morgan fingerprint density at radius 2 is 2.00 bits per heavy atom. The summed E-state index contributed by atoms with van der Waals surface area (Å²) in [5, 5.41) is 3.53. The molecule has 0 fully saturated rings. The molecule has 18 heavy (non-hydrogen) atoms. The molecule has 5 heteroatoms. The van der Waals surface area contributed by atoms with Gasteiger partial charge in [-0.3, -0.25) is 4.79 Å². The van der Waals surface area contributed by atoms with Crippen LogP contribution >= 0.6 is 23.2 Å². The second-order valence-electron chi connectivity index (χ2n) is 3.82. The first kappa shape index (κ1) is 13.0. The van der Waals surface area contributed by atoms with Crippen LogP contribution in [0, 0.1) is 6.92 Å². The van der Waals surface area contributed by atoms with E-state index in [-0.39, 0.29) is 5.91 Å². The van der Waals surface area contributed by atoms with E-state index in [1.807, 2.05) is 19.1 Å². The lowest BCUT2D eigenvalue weighted by molar-refractivity contribution is 0.0948. The van der Waals surface area contributed by atoms with E-state index in [2.05, 4.69) is 5.32 Å². The van der Waals surface area contributed by atoms with Crippen molar-refractivity contribution >= 4 is 29.1 Å². The zero-order valence-electron chi connectivity index (χ0n) is 9.67. The van der Waals surface area contributed by atoms with Gasteiger partial charge in [0.2, 0.25) is 0 Å². The van der Waals surface area contributed by atoms with Crippen LogP contribution in [0.1, 0.15) is 21.9 Å². The normalized spacial score (nSPS) is 10.4. The molecule has 0 bridgehead atoms. The number of furan rings is 1. The number of rotatable bonds is 3. The summed E-state index contributed by atoms with van der Waals surface area (Å²) in [6, 6.07) is 8.42. The van der Waals surface area contributed by atoms with E-state index in [9.17, 15) is 4.79 Å². The van der Waals surface area contributed by atoms with Gasteiger partial charge in [-0.15, -0.1) is 0 Å². The van der Waals surface area contributed by atoms with Gasteiger partial charge in [0.25, 0.3) is 5.91 Å². The molecular weight excluding hydrogens is 273 g/mol. The van der Waals surface area contributed by atoms with E-state index in [0.29, 0.717) is 27.9 Å². The fourth-order valence-electron chi connectivity index (χ4n) is 1.49. The van der Waals surface area contributed by atoms with Crippen molar-refractivity contribution < 1.29 is 9.21 Å². The maximum Gasteiger partial charge on any atom is 0.251 e. The van der Waals surface area contributed by atoms with Crippen molar-refractivity contribution in [3.8, 4) is 0 Å². The molecule has 1 heterocycles. The molecular formula is C13H11Cl2NO2. The first-order chi connectivity index (χ1) is 8.56. The van der Waals surface area contributed by atoms with Crippen molar-refractivity contribution in [2.24, 2.45) is 0 Å². The molecule has 0 atom stereocenters. The van der Waals surface area contributed by atoms with E-state index < -0.39 is 0 Å². The fraction of sp³-hybridized carbons (Fsp3) is 0.154. The van der Waals surface area contributed by atoms with Crippen LogP contribution < -0.4 is 5.32 Å². The van der Waals surface area contributed by atoms with Crippen LogP contribution in [0.4, 0.5) is 0 Å². The van der Waals surface area contributed by atoms with Gasteiger partial charge < -0.3 is 9.73 Å². The molecule has 2 rings (SSSR count). The number of carbonyl (C=O) groups is 1. The monoisotopic (exact) mass is 283 g/mol. The standard InChI is InChI=1S/C13H11Cl2NO2/c1-8-2-4-10(18-8)7-16-13(17)9-3-5-11(14)12(15)6-9/h2-6H,7H2,1H3,(H,16,17). The molecule has 0 saturated heterocycles. The molecule has 1 N–H and O–H groups in total. The van der Waals surface area contributed by atoms with Gasteiger partial charge >= 0.3 is 0 Å². The summed E-state index contributed by atoms with van der Waals surface area (Å²) in [4.78, 5) is 11.8. The lowest BCUT2D eigenvalue weighted by atomic mass is 10.2. The third-order valence-electron chi connectivity index (χ3n) is 2.40. The third kappa shape index (κ3) is 3.06. The Bertz CT molecular complexity index is 578. The maximum absolute atomic E-state index is 11.8. The number of nitrogens with one attached hydrogen (secondary N) is 1. The van der Waals surface area contributed by atoms with Crippen LogP contribution in [0.5, 0.6) is 0 Å². The van der Waals surface area contributed by atoms with E-state index in [1.165, 1.54) is 6.07 Å². The summed E-state index contributed by atoms with van der Waals surface area (Å²) < 4.78 is 5.35. The molecule has 0 saturated carbocycles. The Labute approximate surface area is 115 Å². The van der Waals surface area contributed by atoms with Gasteiger partial charge in [0.15, 0.2) is 0 Å². The molecule has 0 unspecified atom stereocenters. The topological polar surface area (TPSA) is 42.2 Å². The van der Waals surface area contributed by atoms with E-state index in [0.717, 1.165) is 5.76 Å². The maximum atomic E-state index is 11.8. The second kappa shape index (κ2) is 5.46. The summed E-state index contributed by atoms with van der Waals surface area (Å²) >= 11 is 11.6.